The number of para-hydroxylation sites is 1. The number of amides is 1. The number of anilines is 1. The molecule has 1 aromatic heterocycles. The number of nitrogens with zero attached hydrogens (tertiary/aromatic N) is 2. The van der Waals surface area contributed by atoms with E-state index < -0.39 is 12.6 Å². The molecule has 0 aliphatic rings. The number of aromatic nitrogens is 1. The minimum absolute atomic E-state index is 0.237. The Balaban J connectivity index is 1.94. The van der Waals surface area contributed by atoms with E-state index in [1.165, 1.54) is 4.90 Å². The maximum atomic E-state index is 13.1. The summed E-state index contributed by atoms with van der Waals surface area (Å²) in [5, 5.41) is 0. The molecule has 5 heteroatoms. The van der Waals surface area contributed by atoms with Crippen molar-refractivity contribution in [1.82, 2.24) is 4.98 Å². The van der Waals surface area contributed by atoms with E-state index in [1.807, 2.05) is 48.5 Å². The van der Waals surface area contributed by atoms with Gasteiger partial charge in [0.25, 0.3) is 5.91 Å². The summed E-state index contributed by atoms with van der Waals surface area (Å²) in [6.45, 7) is -0.854. The first-order valence-corrected chi connectivity index (χ1v) is 7.86. The average molecular weight is 336 g/mol. The second-order valence-corrected chi connectivity index (χ2v) is 5.34. The van der Waals surface area contributed by atoms with E-state index in [0.717, 1.165) is 5.56 Å². The molecule has 0 fully saturated rings. The van der Waals surface area contributed by atoms with Gasteiger partial charge in [-0.1, -0.05) is 48.5 Å². The van der Waals surface area contributed by atoms with Gasteiger partial charge in [0, 0.05) is 6.20 Å². The van der Waals surface area contributed by atoms with Crippen LogP contribution in [0.4, 0.5) is 10.1 Å². The van der Waals surface area contributed by atoms with Crippen molar-refractivity contribution in [3.8, 4) is 11.6 Å². The van der Waals surface area contributed by atoms with Crippen LogP contribution in [0.5, 0.6) is 11.6 Å². The van der Waals surface area contributed by atoms with Gasteiger partial charge in [0.2, 0.25) is 5.88 Å². The number of alkyl halides is 1. The first-order valence-electron chi connectivity index (χ1n) is 7.86. The van der Waals surface area contributed by atoms with E-state index >= 15 is 0 Å². The van der Waals surface area contributed by atoms with Crippen LogP contribution in [0.3, 0.4) is 0 Å². The highest BCUT2D eigenvalue weighted by molar-refractivity contribution is 5.95. The lowest BCUT2D eigenvalue weighted by Gasteiger charge is -2.23. The Morgan fingerprint density at radius 2 is 1.64 bits per heavy atom. The number of carbonyl (C=O) groups excluding carboxylic acids is 1. The van der Waals surface area contributed by atoms with Crippen LogP contribution in [0.15, 0.2) is 79.0 Å². The van der Waals surface area contributed by atoms with E-state index in [9.17, 15) is 9.18 Å². The summed E-state index contributed by atoms with van der Waals surface area (Å²) in [4.78, 5) is 17.8. The fourth-order valence-corrected chi connectivity index (χ4v) is 2.41. The van der Waals surface area contributed by atoms with Crippen molar-refractivity contribution in [2.45, 2.75) is 6.54 Å². The maximum Gasteiger partial charge on any atom is 0.258 e. The molecule has 3 aromatic rings. The van der Waals surface area contributed by atoms with Crippen molar-refractivity contribution in [3.05, 3.63) is 84.6 Å². The fraction of sp³-hybridized carbons (Fsp3) is 0.100. The van der Waals surface area contributed by atoms with Gasteiger partial charge in [-0.3, -0.25) is 4.79 Å². The Kier molecular flexibility index (Phi) is 5.36. The molecular formula is C20H17FN2O2. The number of rotatable bonds is 6. The molecule has 126 valence electrons. The molecule has 1 heterocycles. The third kappa shape index (κ3) is 4.20. The third-order valence-electron chi connectivity index (χ3n) is 3.60. The standard InChI is InChI=1S/C20H17FN2O2/c21-14-19(24)23(15-16-8-3-1-4-9-16)18-12-7-13-22-20(18)25-17-10-5-2-6-11-17/h1-13H,14-15H2. The summed E-state index contributed by atoms with van der Waals surface area (Å²) in [6, 6.07) is 21.9. The van der Waals surface area contributed by atoms with Gasteiger partial charge in [0.05, 0.1) is 6.54 Å². The van der Waals surface area contributed by atoms with Crippen LogP contribution >= 0.6 is 0 Å². The monoisotopic (exact) mass is 336 g/mol. The van der Waals surface area contributed by atoms with Gasteiger partial charge in [0.15, 0.2) is 6.67 Å². The van der Waals surface area contributed by atoms with Crippen LogP contribution in [0.1, 0.15) is 5.56 Å². The molecule has 0 radical (unpaired) electrons. The van der Waals surface area contributed by atoms with Gasteiger partial charge in [-0.15, -0.1) is 0 Å². The maximum absolute atomic E-state index is 13.1. The summed E-state index contributed by atoms with van der Waals surface area (Å²) in [5.41, 5.74) is 1.32. The molecule has 0 bridgehead atoms. The van der Waals surface area contributed by atoms with Crippen LogP contribution < -0.4 is 9.64 Å². The lowest BCUT2D eigenvalue weighted by Crippen LogP contribution is -2.32. The lowest BCUT2D eigenvalue weighted by atomic mass is 10.2. The van der Waals surface area contributed by atoms with E-state index in [2.05, 4.69) is 4.98 Å². The van der Waals surface area contributed by atoms with Gasteiger partial charge in [-0.05, 0) is 29.8 Å². The Morgan fingerprint density at radius 3 is 2.32 bits per heavy atom. The lowest BCUT2D eigenvalue weighted by molar-refractivity contribution is -0.119. The predicted molar refractivity (Wildman–Crippen MR) is 94.4 cm³/mol. The zero-order valence-electron chi connectivity index (χ0n) is 13.5. The third-order valence-corrected chi connectivity index (χ3v) is 3.60. The minimum Gasteiger partial charge on any atom is -0.437 e. The van der Waals surface area contributed by atoms with E-state index in [4.69, 9.17) is 4.74 Å². The highest BCUT2D eigenvalue weighted by Gasteiger charge is 2.21. The minimum atomic E-state index is -1.09. The smallest absolute Gasteiger partial charge is 0.258 e. The molecule has 3 rings (SSSR count). The molecule has 0 aliphatic heterocycles. The van der Waals surface area contributed by atoms with E-state index in [-0.39, 0.29) is 12.4 Å². The fourth-order valence-electron chi connectivity index (χ4n) is 2.41. The van der Waals surface area contributed by atoms with Gasteiger partial charge < -0.3 is 9.64 Å². The number of ether oxygens (including phenoxy) is 1. The van der Waals surface area contributed by atoms with Crippen LogP contribution in [-0.2, 0) is 11.3 Å². The number of carbonyl (C=O) groups is 1. The predicted octanol–water partition coefficient (Wildman–Crippen LogP) is 4.38. The Hall–Kier alpha value is -3.21. The summed E-state index contributed by atoms with van der Waals surface area (Å²) in [5.74, 6) is 0.205. The molecule has 0 saturated heterocycles. The highest BCUT2D eigenvalue weighted by atomic mass is 19.1. The summed E-state index contributed by atoms with van der Waals surface area (Å²) in [6.07, 6.45) is 1.57. The van der Waals surface area contributed by atoms with Crippen LogP contribution in [0.2, 0.25) is 0 Å². The van der Waals surface area contributed by atoms with Crippen molar-refractivity contribution >= 4 is 11.6 Å². The van der Waals surface area contributed by atoms with Crippen molar-refractivity contribution < 1.29 is 13.9 Å². The SMILES string of the molecule is O=C(CF)N(Cc1ccccc1)c1cccnc1Oc1ccccc1. The molecule has 0 saturated carbocycles. The molecule has 4 nitrogen and oxygen atoms in total. The zero-order chi connectivity index (χ0) is 17.5. The Morgan fingerprint density at radius 1 is 0.960 bits per heavy atom. The molecule has 0 aliphatic carbocycles. The summed E-state index contributed by atoms with van der Waals surface area (Å²) in [7, 11) is 0. The first kappa shape index (κ1) is 16.6. The van der Waals surface area contributed by atoms with E-state index in [1.54, 1.807) is 30.5 Å². The molecule has 0 spiro atoms. The molecular weight excluding hydrogens is 319 g/mol. The largest absolute Gasteiger partial charge is 0.437 e. The Labute approximate surface area is 145 Å². The van der Waals surface area contributed by atoms with Crippen LogP contribution in [0.25, 0.3) is 0 Å². The van der Waals surface area contributed by atoms with Gasteiger partial charge in [0.1, 0.15) is 11.4 Å². The molecule has 2 aromatic carbocycles. The van der Waals surface area contributed by atoms with Crippen LogP contribution in [0, 0.1) is 0 Å². The number of hydrogen-bond donors (Lipinski definition) is 0. The second kappa shape index (κ2) is 8.06. The average Bonchev–Trinajstić information content (AvgIpc) is 2.68. The highest BCUT2D eigenvalue weighted by Crippen LogP contribution is 2.31. The summed E-state index contributed by atoms with van der Waals surface area (Å²) < 4.78 is 18.9. The molecule has 1 amide bonds. The van der Waals surface area contributed by atoms with Gasteiger partial charge in [-0.2, -0.15) is 0 Å². The first-order chi connectivity index (χ1) is 12.3. The number of pyridine rings is 1. The van der Waals surface area contributed by atoms with Gasteiger partial charge >= 0.3 is 0 Å². The topological polar surface area (TPSA) is 42.4 Å². The summed E-state index contributed by atoms with van der Waals surface area (Å²) >= 11 is 0. The molecule has 0 unspecified atom stereocenters. The van der Waals surface area contributed by atoms with Crippen molar-refractivity contribution in [1.29, 1.82) is 0 Å². The number of benzene rings is 2. The Bertz CT molecular complexity index is 825. The zero-order valence-corrected chi connectivity index (χ0v) is 13.5. The number of halogens is 1. The van der Waals surface area contributed by atoms with Crippen molar-refractivity contribution in [2.75, 3.05) is 11.6 Å². The number of hydrogen-bond acceptors (Lipinski definition) is 3. The van der Waals surface area contributed by atoms with E-state index in [0.29, 0.717) is 11.4 Å². The molecule has 25 heavy (non-hydrogen) atoms. The van der Waals surface area contributed by atoms with Crippen LogP contribution in [-0.4, -0.2) is 17.6 Å². The quantitative estimate of drug-likeness (QED) is 0.671. The molecule has 0 atom stereocenters. The van der Waals surface area contributed by atoms with Crippen molar-refractivity contribution in [2.24, 2.45) is 0 Å². The van der Waals surface area contributed by atoms with Gasteiger partial charge in [-0.25, -0.2) is 9.37 Å². The van der Waals surface area contributed by atoms with Crippen molar-refractivity contribution in [3.63, 3.8) is 0 Å². The normalized spacial score (nSPS) is 10.3. The molecule has 0 N–H and O–H groups in total. The second-order valence-electron chi connectivity index (χ2n) is 5.34.